The number of hydrogen-bond acceptors (Lipinski definition) is 7. The first-order valence-electron chi connectivity index (χ1n) is 8.78. The fourth-order valence-corrected chi connectivity index (χ4v) is 4.45. The normalized spacial score (nSPS) is 15.5. The second kappa shape index (κ2) is 7.96. The van der Waals surface area contributed by atoms with E-state index in [2.05, 4.69) is 24.8 Å². The molecule has 0 unspecified atom stereocenters. The highest BCUT2D eigenvalue weighted by Gasteiger charge is 2.23. The van der Waals surface area contributed by atoms with Crippen LogP contribution in [0.3, 0.4) is 0 Å². The number of nitrogens with zero attached hydrogens (tertiary/aromatic N) is 6. The number of rotatable bonds is 6. The SMILES string of the molecule is CCN(CC)S(=O)(=O)c1ccc(N2CCN(c3cnccn3)CC2)nc1. The third kappa shape index (κ3) is 3.78. The zero-order valence-corrected chi connectivity index (χ0v) is 15.9. The van der Waals surface area contributed by atoms with Gasteiger partial charge < -0.3 is 9.80 Å². The Morgan fingerprint density at radius 3 is 2.08 bits per heavy atom. The van der Waals surface area contributed by atoms with E-state index in [9.17, 15) is 8.42 Å². The van der Waals surface area contributed by atoms with E-state index in [1.807, 2.05) is 13.8 Å². The monoisotopic (exact) mass is 376 g/mol. The fourth-order valence-electron chi connectivity index (χ4n) is 3.04. The molecule has 0 atom stereocenters. The maximum Gasteiger partial charge on any atom is 0.244 e. The van der Waals surface area contributed by atoms with E-state index in [0.717, 1.165) is 37.8 Å². The molecule has 0 aliphatic carbocycles. The Morgan fingerprint density at radius 2 is 1.58 bits per heavy atom. The van der Waals surface area contributed by atoms with Crippen LogP contribution in [0.2, 0.25) is 0 Å². The van der Waals surface area contributed by atoms with Crippen LogP contribution in [-0.4, -0.2) is 66.9 Å². The van der Waals surface area contributed by atoms with Gasteiger partial charge in [-0.05, 0) is 12.1 Å². The number of aromatic nitrogens is 3. The number of pyridine rings is 1. The Balaban J connectivity index is 1.67. The van der Waals surface area contributed by atoms with Crippen molar-refractivity contribution in [3.8, 4) is 0 Å². The van der Waals surface area contributed by atoms with Crippen molar-refractivity contribution in [3.05, 3.63) is 36.9 Å². The molecule has 0 bridgehead atoms. The summed E-state index contributed by atoms with van der Waals surface area (Å²) < 4.78 is 26.5. The van der Waals surface area contributed by atoms with E-state index in [1.54, 1.807) is 30.7 Å². The molecule has 8 nitrogen and oxygen atoms in total. The van der Waals surface area contributed by atoms with Gasteiger partial charge in [-0.15, -0.1) is 0 Å². The van der Waals surface area contributed by atoms with Crippen molar-refractivity contribution in [3.63, 3.8) is 0 Å². The molecular formula is C17H24N6O2S. The second-order valence-corrected chi connectivity index (χ2v) is 7.92. The van der Waals surface area contributed by atoms with E-state index in [0.29, 0.717) is 13.1 Å². The third-order valence-corrected chi connectivity index (χ3v) is 6.57. The van der Waals surface area contributed by atoms with Gasteiger partial charge >= 0.3 is 0 Å². The lowest BCUT2D eigenvalue weighted by atomic mass is 10.3. The summed E-state index contributed by atoms with van der Waals surface area (Å²) in [7, 11) is -3.46. The smallest absolute Gasteiger partial charge is 0.244 e. The summed E-state index contributed by atoms with van der Waals surface area (Å²) in [6, 6.07) is 3.43. The number of anilines is 2. The van der Waals surface area contributed by atoms with Crippen LogP contribution in [0.25, 0.3) is 0 Å². The summed E-state index contributed by atoms with van der Waals surface area (Å²) in [5.74, 6) is 1.67. The molecule has 0 spiro atoms. The van der Waals surface area contributed by atoms with Crippen LogP contribution < -0.4 is 9.80 Å². The molecule has 0 N–H and O–H groups in total. The highest BCUT2D eigenvalue weighted by Crippen LogP contribution is 2.20. The van der Waals surface area contributed by atoms with Crippen LogP contribution in [0.15, 0.2) is 41.8 Å². The van der Waals surface area contributed by atoms with E-state index in [4.69, 9.17) is 0 Å². The number of sulfonamides is 1. The van der Waals surface area contributed by atoms with Crippen molar-refractivity contribution in [1.29, 1.82) is 0 Å². The van der Waals surface area contributed by atoms with Crippen LogP contribution in [0.4, 0.5) is 11.6 Å². The summed E-state index contributed by atoms with van der Waals surface area (Å²) in [4.78, 5) is 17.4. The van der Waals surface area contributed by atoms with Crippen molar-refractivity contribution in [2.45, 2.75) is 18.7 Å². The number of piperazine rings is 1. The maximum absolute atomic E-state index is 12.5. The van der Waals surface area contributed by atoms with Gasteiger partial charge in [0.05, 0.1) is 6.20 Å². The molecule has 1 aliphatic heterocycles. The van der Waals surface area contributed by atoms with Gasteiger partial charge in [0.15, 0.2) is 0 Å². The van der Waals surface area contributed by atoms with E-state index in [-0.39, 0.29) is 4.90 Å². The van der Waals surface area contributed by atoms with Gasteiger partial charge in [0.25, 0.3) is 0 Å². The molecule has 0 amide bonds. The molecule has 2 aromatic heterocycles. The highest BCUT2D eigenvalue weighted by atomic mass is 32.2. The first kappa shape index (κ1) is 18.5. The van der Waals surface area contributed by atoms with E-state index >= 15 is 0 Å². The zero-order valence-electron chi connectivity index (χ0n) is 15.1. The minimum absolute atomic E-state index is 0.239. The quantitative estimate of drug-likeness (QED) is 0.750. The summed E-state index contributed by atoms with van der Waals surface area (Å²) in [6.07, 6.45) is 6.58. The van der Waals surface area contributed by atoms with E-state index < -0.39 is 10.0 Å². The molecular weight excluding hydrogens is 352 g/mol. The summed E-state index contributed by atoms with van der Waals surface area (Å²) in [6.45, 7) is 7.80. The molecule has 140 valence electrons. The topological polar surface area (TPSA) is 82.5 Å². The maximum atomic E-state index is 12.5. The van der Waals surface area contributed by atoms with Crippen molar-refractivity contribution in [2.24, 2.45) is 0 Å². The minimum Gasteiger partial charge on any atom is -0.353 e. The molecule has 2 aromatic rings. The lowest BCUT2D eigenvalue weighted by Crippen LogP contribution is -2.47. The van der Waals surface area contributed by atoms with Crippen LogP contribution in [0.1, 0.15) is 13.8 Å². The molecule has 1 saturated heterocycles. The Kier molecular flexibility index (Phi) is 5.67. The van der Waals surface area contributed by atoms with Gasteiger partial charge in [-0.2, -0.15) is 4.31 Å². The van der Waals surface area contributed by atoms with Gasteiger partial charge in [0.1, 0.15) is 16.5 Å². The Hall–Kier alpha value is -2.26. The summed E-state index contributed by atoms with van der Waals surface area (Å²) in [5, 5.41) is 0. The molecule has 0 radical (unpaired) electrons. The van der Waals surface area contributed by atoms with Crippen LogP contribution in [0, 0.1) is 0 Å². The minimum atomic E-state index is -3.46. The zero-order chi connectivity index (χ0) is 18.6. The predicted molar refractivity (Wildman–Crippen MR) is 101 cm³/mol. The second-order valence-electron chi connectivity index (χ2n) is 5.98. The first-order chi connectivity index (χ1) is 12.6. The van der Waals surface area contributed by atoms with Crippen LogP contribution in [0.5, 0.6) is 0 Å². The van der Waals surface area contributed by atoms with Gasteiger partial charge in [0.2, 0.25) is 10.0 Å². The molecule has 1 fully saturated rings. The van der Waals surface area contributed by atoms with Gasteiger partial charge in [-0.3, -0.25) is 4.98 Å². The first-order valence-corrected chi connectivity index (χ1v) is 10.2. The van der Waals surface area contributed by atoms with Gasteiger partial charge in [-0.25, -0.2) is 18.4 Å². The van der Waals surface area contributed by atoms with Crippen molar-refractivity contribution >= 4 is 21.7 Å². The lowest BCUT2D eigenvalue weighted by Gasteiger charge is -2.35. The number of hydrogen-bond donors (Lipinski definition) is 0. The van der Waals surface area contributed by atoms with Crippen molar-refractivity contribution < 1.29 is 8.42 Å². The third-order valence-electron chi connectivity index (χ3n) is 4.54. The van der Waals surface area contributed by atoms with Crippen molar-refractivity contribution in [2.75, 3.05) is 49.1 Å². The fraction of sp³-hybridized carbons (Fsp3) is 0.471. The van der Waals surface area contributed by atoms with Crippen LogP contribution >= 0.6 is 0 Å². The highest BCUT2D eigenvalue weighted by molar-refractivity contribution is 7.89. The molecule has 0 saturated carbocycles. The molecule has 9 heteroatoms. The molecule has 3 rings (SSSR count). The lowest BCUT2D eigenvalue weighted by molar-refractivity contribution is 0.445. The average molecular weight is 376 g/mol. The van der Waals surface area contributed by atoms with Gasteiger partial charge in [-0.1, -0.05) is 13.8 Å². The summed E-state index contributed by atoms with van der Waals surface area (Å²) in [5.41, 5.74) is 0. The average Bonchev–Trinajstić information content (AvgIpc) is 2.70. The molecule has 1 aliphatic rings. The standard InChI is InChI=1S/C17H24N6O2S/c1-3-23(4-2)26(24,25)15-5-6-16(20-13-15)21-9-11-22(12-10-21)17-14-18-7-8-19-17/h5-8,13-14H,3-4,9-12H2,1-2H3. The summed E-state index contributed by atoms with van der Waals surface area (Å²) >= 11 is 0. The predicted octanol–water partition coefficient (Wildman–Crippen LogP) is 1.23. The largest absolute Gasteiger partial charge is 0.353 e. The van der Waals surface area contributed by atoms with Crippen LogP contribution in [-0.2, 0) is 10.0 Å². The molecule has 26 heavy (non-hydrogen) atoms. The molecule has 0 aromatic carbocycles. The molecule has 3 heterocycles. The van der Waals surface area contributed by atoms with Gasteiger partial charge in [0, 0.05) is 57.9 Å². The van der Waals surface area contributed by atoms with E-state index in [1.165, 1.54) is 10.5 Å². The Labute approximate surface area is 154 Å². The van der Waals surface area contributed by atoms with Crippen molar-refractivity contribution in [1.82, 2.24) is 19.3 Å². The Bertz CT molecular complexity index is 801. The Morgan fingerprint density at radius 1 is 0.923 bits per heavy atom.